The van der Waals surface area contributed by atoms with Gasteiger partial charge in [0.2, 0.25) is 5.79 Å². The second-order valence-corrected chi connectivity index (χ2v) is 9.57. The largest absolute Gasteiger partial charge is 0.507 e. The van der Waals surface area contributed by atoms with Crippen molar-refractivity contribution in [3.63, 3.8) is 0 Å². The van der Waals surface area contributed by atoms with Crippen LogP contribution in [-0.2, 0) is 15.3 Å². The summed E-state index contributed by atoms with van der Waals surface area (Å²) in [6.45, 7) is 1.34. The Balaban J connectivity index is 1.90. The lowest BCUT2D eigenvalue weighted by atomic mass is 9.78. The number of fused-ring (bicyclic) bond motifs is 5. The molecule has 2 aliphatic rings. The minimum atomic E-state index is -1.77. The quantitative estimate of drug-likeness (QED) is 0.209. The number of halogens is 3. The minimum absolute atomic E-state index is 0.0370. The highest BCUT2D eigenvalue weighted by atomic mass is 35.5. The van der Waals surface area contributed by atoms with Gasteiger partial charge in [-0.15, -0.1) is 23.2 Å². The summed E-state index contributed by atoms with van der Waals surface area (Å²) in [5.74, 6) is -5.84. The lowest BCUT2D eigenvalue weighted by Gasteiger charge is -2.26. The van der Waals surface area contributed by atoms with Crippen molar-refractivity contribution >= 4 is 63.1 Å². The SMILES string of the molecule is COc1c(Cl)c(C(Cl)Cl)cc2ccc3c(c12)C(=O)c1c(O)c2c(c(O)c1C3=O)[C@](C)(OC)OC2=O. The van der Waals surface area contributed by atoms with Gasteiger partial charge in [-0.1, -0.05) is 17.7 Å². The van der Waals surface area contributed by atoms with Crippen molar-refractivity contribution in [2.24, 2.45) is 0 Å². The summed E-state index contributed by atoms with van der Waals surface area (Å²) in [4.78, 5) is 39.0. The van der Waals surface area contributed by atoms with E-state index in [1.54, 1.807) is 12.1 Å². The van der Waals surface area contributed by atoms with Crippen LogP contribution in [0.15, 0.2) is 18.2 Å². The zero-order valence-corrected chi connectivity index (χ0v) is 20.6. The zero-order chi connectivity index (χ0) is 25.6. The maximum absolute atomic E-state index is 13.8. The first-order valence-electron chi connectivity index (χ1n) is 10.1. The van der Waals surface area contributed by atoms with Gasteiger partial charge in [0, 0.05) is 36.1 Å². The van der Waals surface area contributed by atoms with E-state index in [9.17, 15) is 24.6 Å². The molecule has 11 heteroatoms. The van der Waals surface area contributed by atoms with Crippen LogP contribution in [0.4, 0.5) is 0 Å². The van der Waals surface area contributed by atoms with Crippen LogP contribution >= 0.6 is 34.8 Å². The number of carbonyl (C=O) groups excluding carboxylic acids is 3. The maximum Gasteiger partial charge on any atom is 0.345 e. The second-order valence-electron chi connectivity index (χ2n) is 8.09. The Bertz CT molecular complexity index is 1530. The van der Waals surface area contributed by atoms with E-state index in [2.05, 4.69) is 0 Å². The molecule has 0 aromatic heterocycles. The molecular formula is C24H15Cl3O8. The Hall–Kier alpha value is -3.04. The fraction of sp³-hybridized carbons (Fsp3) is 0.208. The summed E-state index contributed by atoms with van der Waals surface area (Å²) in [6.07, 6.45) is 0. The smallest absolute Gasteiger partial charge is 0.345 e. The number of rotatable bonds is 3. The van der Waals surface area contributed by atoms with Crippen molar-refractivity contribution in [3.05, 3.63) is 62.2 Å². The van der Waals surface area contributed by atoms with Crippen LogP contribution in [0.5, 0.6) is 17.2 Å². The number of ether oxygens (including phenoxy) is 3. The van der Waals surface area contributed by atoms with Gasteiger partial charge in [-0.3, -0.25) is 9.59 Å². The zero-order valence-electron chi connectivity index (χ0n) is 18.3. The monoisotopic (exact) mass is 536 g/mol. The average Bonchev–Trinajstić information content (AvgIpc) is 3.09. The minimum Gasteiger partial charge on any atom is -0.507 e. The van der Waals surface area contributed by atoms with Crippen molar-refractivity contribution < 1.29 is 38.8 Å². The van der Waals surface area contributed by atoms with Gasteiger partial charge in [0.25, 0.3) is 0 Å². The molecule has 1 aliphatic heterocycles. The van der Waals surface area contributed by atoms with Gasteiger partial charge in [-0.2, -0.15) is 0 Å². The highest BCUT2D eigenvalue weighted by Crippen LogP contribution is 2.53. The number of hydrogen-bond acceptors (Lipinski definition) is 8. The van der Waals surface area contributed by atoms with E-state index in [0.717, 1.165) is 0 Å². The maximum atomic E-state index is 13.8. The van der Waals surface area contributed by atoms with Crippen LogP contribution in [0, 0.1) is 0 Å². The number of esters is 1. The summed E-state index contributed by atoms with van der Waals surface area (Å²) in [7, 11) is 2.55. The average molecular weight is 538 g/mol. The first-order chi connectivity index (χ1) is 16.5. The topological polar surface area (TPSA) is 119 Å². The normalized spacial score (nSPS) is 18.5. The van der Waals surface area contributed by atoms with Gasteiger partial charge < -0.3 is 24.4 Å². The van der Waals surface area contributed by atoms with E-state index >= 15 is 0 Å². The van der Waals surface area contributed by atoms with E-state index in [1.165, 1.54) is 27.2 Å². The summed E-state index contributed by atoms with van der Waals surface area (Å²) in [6, 6.07) is 4.51. The molecule has 0 radical (unpaired) electrons. The Morgan fingerprint density at radius 3 is 2.23 bits per heavy atom. The second kappa shape index (κ2) is 7.73. The number of hydrogen-bond donors (Lipinski definition) is 2. The van der Waals surface area contributed by atoms with Gasteiger partial charge in [0.1, 0.15) is 27.6 Å². The highest BCUT2D eigenvalue weighted by Gasteiger charge is 2.51. The van der Waals surface area contributed by atoms with Crippen molar-refractivity contribution in [2.75, 3.05) is 14.2 Å². The van der Waals surface area contributed by atoms with Crippen molar-refractivity contribution in [3.8, 4) is 17.2 Å². The molecule has 3 aromatic carbocycles. The third-order valence-corrected chi connectivity index (χ3v) is 7.24. The molecule has 2 N–H and O–H groups in total. The number of carbonyl (C=O) groups is 3. The number of cyclic esters (lactones) is 1. The Morgan fingerprint density at radius 2 is 1.63 bits per heavy atom. The molecule has 1 atom stereocenters. The number of benzene rings is 3. The van der Waals surface area contributed by atoms with E-state index in [1.807, 2.05) is 0 Å². The molecule has 35 heavy (non-hydrogen) atoms. The molecule has 0 saturated carbocycles. The van der Waals surface area contributed by atoms with Crippen LogP contribution < -0.4 is 4.74 Å². The number of alkyl halides is 2. The summed E-state index contributed by atoms with van der Waals surface area (Å²) in [5, 5.41) is 22.7. The molecule has 1 aliphatic carbocycles. The van der Waals surface area contributed by atoms with Crippen LogP contribution in [0.3, 0.4) is 0 Å². The first kappa shape index (κ1) is 23.7. The molecule has 0 saturated heterocycles. The molecule has 0 unspecified atom stereocenters. The number of aromatic hydroxyl groups is 2. The molecule has 5 rings (SSSR count). The van der Waals surface area contributed by atoms with E-state index in [4.69, 9.17) is 49.0 Å². The molecule has 180 valence electrons. The van der Waals surface area contributed by atoms with Crippen LogP contribution in [0.2, 0.25) is 5.02 Å². The first-order valence-corrected chi connectivity index (χ1v) is 11.3. The number of ketones is 2. The molecule has 0 fully saturated rings. The predicted molar refractivity (Wildman–Crippen MR) is 126 cm³/mol. The Kier molecular flexibility index (Phi) is 5.23. The predicted octanol–water partition coefficient (Wildman–Crippen LogP) is 5.15. The number of phenolic OH excluding ortho intramolecular Hbond substituents is 2. The third kappa shape index (κ3) is 2.94. The summed E-state index contributed by atoms with van der Waals surface area (Å²) >= 11 is 18.5. The Morgan fingerprint density at radius 1 is 0.971 bits per heavy atom. The van der Waals surface area contributed by atoms with Crippen LogP contribution in [-0.4, -0.2) is 42.0 Å². The van der Waals surface area contributed by atoms with Gasteiger partial charge in [-0.25, -0.2) is 4.79 Å². The molecule has 0 bridgehead atoms. The fourth-order valence-electron chi connectivity index (χ4n) is 4.72. The molecule has 8 nitrogen and oxygen atoms in total. The van der Waals surface area contributed by atoms with E-state index in [0.29, 0.717) is 10.9 Å². The fourth-order valence-corrected chi connectivity index (χ4v) is 5.51. The van der Waals surface area contributed by atoms with Crippen molar-refractivity contribution in [2.45, 2.75) is 17.5 Å². The third-order valence-electron chi connectivity index (χ3n) is 6.38. The van der Waals surface area contributed by atoms with Crippen LogP contribution in [0.25, 0.3) is 10.8 Å². The van der Waals surface area contributed by atoms with Gasteiger partial charge in [0.15, 0.2) is 11.6 Å². The molecule has 3 aromatic rings. The molecule has 1 heterocycles. The van der Waals surface area contributed by atoms with Gasteiger partial charge >= 0.3 is 5.97 Å². The molecular weight excluding hydrogens is 523 g/mol. The van der Waals surface area contributed by atoms with Gasteiger partial charge in [-0.05, 0) is 17.5 Å². The standard InChI is InChI=1S/C24H15Cl3O8/c1-24(34-3)15-14(23(32)35-24)19(30)13-12(20(15)31)17(28)8-5-4-7-6-9(22(26)27)16(25)21(33-2)10(7)11(8)18(13)29/h4-6,22,30-31H,1-3H3/t24-/m1/s1. The van der Waals surface area contributed by atoms with Crippen molar-refractivity contribution in [1.82, 2.24) is 0 Å². The highest BCUT2D eigenvalue weighted by molar-refractivity contribution is 6.46. The van der Waals surface area contributed by atoms with Gasteiger partial charge in [0.05, 0.1) is 28.8 Å². The van der Waals surface area contributed by atoms with Crippen molar-refractivity contribution in [1.29, 1.82) is 0 Å². The molecule has 0 spiro atoms. The van der Waals surface area contributed by atoms with Crippen LogP contribution in [0.1, 0.15) is 65.1 Å². The number of methoxy groups -OCH3 is 2. The van der Waals surface area contributed by atoms with E-state index in [-0.39, 0.29) is 32.8 Å². The lowest BCUT2D eigenvalue weighted by Crippen LogP contribution is -2.26. The summed E-state index contributed by atoms with van der Waals surface area (Å²) < 4.78 is 15.9. The lowest BCUT2D eigenvalue weighted by molar-refractivity contribution is -0.173. The van der Waals surface area contributed by atoms with E-state index < -0.39 is 56.3 Å². The molecule has 0 amide bonds. The Labute approximate surface area is 212 Å². The summed E-state index contributed by atoms with van der Waals surface area (Å²) in [5.41, 5.74) is -1.58. The number of phenols is 2.